The van der Waals surface area contributed by atoms with Crippen LogP contribution in [0.25, 0.3) is 0 Å². The number of rotatable bonds is 5. The molecule has 2 unspecified atom stereocenters. The average molecular weight is 366 g/mol. The maximum Gasteiger partial charge on any atom is 0.325 e. The Kier molecular flexibility index (Phi) is 6.90. The molecule has 2 heterocycles. The molecule has 1 aliphatic heterocycles. The molecule has 0 amide bonds. The minimum absolute atomic E-state index is 0. The number of pyridine rings is 1. The summed E-state index contributed by atoms with van der Waals surface area (Å²) >= 11 is 0. The van der Waals surface area contributed by atoms with Gasteiger partial charge in [0, 0.05) is 32.1 Å². The second kappa shape index (κ2) is 8.02. The molecule has 0 radical (unpaired) electrons. The first-order chi connectivity index (χ1) is 10.4. The molecule has 1 saturated heterocycles. The largest absolute Gasteiger partial charge is 0.480 e. The monoisotopic (exact) mass is 365 g/mol. The molecule has 8 nitrogen and oxygen atoms in total. The van der Waals surface area contributed by atoms with Gasteiger partial charge in [0.15, 0.2) is 0 Å². The van der Waals surface area contributed by atoms with Gasteiger partial charge in [-0.25, -0.2) is 8.42 Å². The summed E-state index contributed by atoms with van der Waals surface area (Å²) in [6.45, 7) is 2.37. The summed E-state index contributed by atoms with van der Waals surface area (Å²) in [6, 6.07) is 1.90. The summed E-state index contributed by atoms with van der Waals surface area (Å²) in [6.07, 6.45) is 1.64. The van der Waals surface area contributed by atoms with E-state index in [9.17, 15) is 18.3 Å². The van der Waals surface area contributed by atoms with Crippen molar-refractivity contribution in [1.82, 2.24) is 14.2 Å². The van der Waals surface area contributed by atoms with Crippen molar-refractivity contribution < 1.29 is 23.1 Å². The van der Waals surface area contributed by atoms with Crippen molar-refractivity contribution >= 4 is 28.4 Å². The predicted molar refractivity (Wildman–Crippen MR) is 84.8 cm³/mol. The Morgan fingerprint density at radius 3 is 2.70 bits per heavy atom. The Morgan fingerprint density at radius 2 is 2.17 bits per heavy atom. The van der Waals surface area contributed by atoms with E-state index in [1.807, 2.05) is 0 Å². The van der Waals surface area contributed by atoms with Gasteiger partial charge in [-0.05, 0) is 26.1 Å². The number of aromatic nitrogens is 1. The van der Waals surface area contributed by atoms with Crippen LogP contribution in [-0.4, -0.2) is 72.7 Å². The van der Waals surface area contributed by atoms with Gasteiger partial charge in [0.05, 0.1) is 0 Å². The minimum Gasteiger partial charge on any atom is -0.480 e. The van der Waals surface area contributed by atoms with Crippen LogP contribution < -0.4 is 0 Å². The highest BCUT2D eigenvalue weighted by Crippen LogP contribution is 2.25. The van der Waals surface area contributed by atoms with Gasteiger partial charge in [0.1, 0.15) is 17.2 Å². The molecule has 0 aromatic carbocycles. The van der Waals surface area contributed by atoms with E-state index in [0.29, 0.717) is 6.54 Å². The fraction of sp³-hybridized carbons (Fsp3) is 0.538. The van der Waals surface area contributed by atoms with Crippen LogP contribution in [0.3, 0.4) is 0 Å². The highest BCUT2D eigenvalue weighted by Gasteiger charge is 2.45. The molecule has 0 bridgehead atoms. The number of hydrogen-bond acceptors (Lipinski definition) is 6. The number of piperazine rings is 1. The van der Waals surface area contributed by atoms with E-state index in [1.165, 1.54) is 24.5 Å². The van der Waals surface area contributed by atoms with Crippen molar-refractivity contribution in [1.29, 1.82) is 0 Å². The molecule has 23 heavy (non-hydrogen) atoms. The molecule has 130 valence electrons. The second-order valence-electron chi connectivity index (χ2n) is 4.91. The van der Waals surface area contributed by atoms with Gasteiger partial charge in [0.2, 0.25) is 10.0 Å². The van der Waals surface area contributed by atoms with Crippen molar-refractivity contribution in [2.45, 2.75) is 24.1 Å². The van der Waals surface area contributed by atoms with Crippen LogP contribution >= 0.6 is 12.4 Å². The fourth-order valence-electron chi connectivity index (χ4n) is 2.45. The number of hydrogen-bond donors (Lipinski definition) is 1. The zero-order valence-electron chi connectivity index (χ0n) is 12.8. The van der Waals surface area contributed by atoms with E-state index in [0.717, 1.165) is 4.31 Å². The third kappa shape index (κ3) is 3.99. The lowest BCUT2D eigenvalue weighted by atomic mass is 10.2. The molecule has 1 fully saturated rings. The molecule has 1 aromatic rings. The zero-order chi connectivity index (χ0) is 16.3. The van der Waals surface area contributed by atoms with Crippen LogP contribution in [0.2, 0.25) is 0 Å². The van der Waals surface area contributed by atoms with Gasteiger partial charge in [-0.2, -0.15) is 4.31 Å². The number of likely N-dealkylation sites (N-methyl/N-ethyl adjacent to an activating group) is 1. The van der Waals surface area contributed by atoms with Crippen LogP contribution in [0.1, 0.15) is 6.92 Å². The van der Waals surface area contributed by atoms with Crippen LogP contribution in [0.5, 0.6) is 0 Å². The first-order valence-corrected chi connectivity index (χ1v) is 8.30. The smallest absolute Gasteiger partial charge is 0.325 e. The topological polar surface area (TPSA) is 100 Å². The maximum absolute atomic E-state index is 12.7. The molecule has 0 spiro atoms. The summed E-state index contributed by atoms with van der Waals surface area (Å²) < 4.78 is 32.0. The SMILES string of the molecule is CCOC1C(C(=O)O)N(C)CCN1S(=O)(=O)c1cccnc1.Cl. The quantitative estimate of drug-likeness (QED) is 0.798. The molecule has 2 rings (SSSR count). The lowest BCUT2D eigenvalue weighted by Gasteiger charge is -2.42. The second-order valence-corrected chi connectivity index (χ2v) is 6.80. The van der Waals surface area contributed by atoms with Crippen molar-refractivity contribution in [2.75, 3.05) is 26.7 Å². The summed E-state index contributed by atoms with van der Waals surface area (Å²) in [5.74, 6) is -1.12. The fourth-order valence-corrected chi connectivity index (χ4v) is 3.93. The Hall–Kier alpha value is -1.26. The Balaban J connectivity index is 0.00000264. The van der Waals surface area contributed by atoms with Crippen molar-refractivity contribution in [3.63, 3.8) is 0 Å². The van der Waals surface area contributed by atoms with E-state index >= 15 is 0 Å². The summed E-state index contributed by atoms with van der Waals surface area (Å²) in [5, 5.41) is 9.40. The number of halogens is 1. The number of ether oxygens (including phenoxy) is 1. The van der Waals surface area contributed by atoms with E-state index in [1.54, 1.807) is 18.9 Å². The molecular weight excluding hydrogens is 346 g/mol. The molecule has 1 aliphatic rings. The molecule has 0 saturated carbocycles. The molecule has 1 N–H and O–H groups in total. The van der Waals surface area contributed by atoms with Gasteiger partial charge in [0.25, 0.3) is 0 Å². The van der Waals surface area contributed by atoms with Crippen LogP contribution in [0, 0.1) is 0 Å². The molecule has 10 heteroatoms. The third-order valence-electron chi connectivity index (χ3n) is 3.53. The van der Waals surface area contributed by atoms with Gasteiger partial charge in [-0.15, -0.1) is 12.4 Å². The molecule has 2 atom stereocenters. The summed E-state index contributed by atoms with van der Waals surface area (Å²) in [4.78, 5) is 16.9. The standard InChI is InChI=1S/C13H19N3O5S.ClH/c1-3-21-12-11(13(17)18)15(2)7-8-16(12)22(19,20)10-5-4-6-14-9-10;/h4-6,9,11-12H,3,7-8H2,1-2H3,(H,17,18);1H. The summed E-state index contributed by atoms with van der Waals surface area (Å²) in [7, 11) is -2.23. The highest BCUT2D eigenvalue weighted by atomic mass is 35.5. The highest BCUT2D eigenvalue weighted by molar-refractivity contribution is 7.89. The normalized spacial score (nSPS) is 23.2. The first-order valence-electron chi connectivity index (χ1n) is 6.86. The minimum atomic E-state index is -3.87. The number of carboxylic acids is 1. The lowest BCUT2D eigenvalue weighted by Crippen LogP contribution is -2.63. The third-order valence-corrected chi connectivity index (χ3v) is 5.38. The zero-order valence-corrected chi connectivity index (χ0v) is 14.5. The Labute approximate surface area is 141 Å². The maximum atomic E-state index is 12.7. The van der Waals surface area contributed by atoms with Crippen molar-refractivity contribution in [3.05, 3.63) is 24.5 Å². The van der Waals surface area contributed by atoms with E-state index < -0.39 is 28.3 Å². The van der Waals surface area contributed by atoms with Crippen molar-refractivity contribution in [3.8, 4) is 0 Å². The van der Waals surface area contributed by atoms with Crippen LogP contribution in [0.15, 0.2) is 29.4 Å². The number of carbonyl (C=O) groups is 1. The van der Waals surface area contributed by atoms with Gasteiger partial charge in [-0.3, -0.25) is 14.7 Å². The first kappa shape index (κ1) is 19.8. The summed E-state index contributed by atoms with van der Waals surface area (Å²) in [5.41, 5.74) is 0. The Bertz CT molecular complexity index is 628. The molecule has 1 aromatic heterocycles. The number of sulfonamides is 1. The van der Waals surface area contributed by atoms with Crippen molar-refractivity contribution in [2.24, 2.45) is 0 Å². The predicted octanol–water partition coefficient (Wildman–Crippen LogP) is 0.255. The van der Waals surface area contributed by atoms with E-state index in [4.69, 9.17) is 4.74 Å². The average Bonchev–Trinajstić information content (AvgIpc) is 2.48. The van der Waals surface area contributed by atoms with Gasteiger partial charge in [-0.1, -0.05) is 0 Å². The van der Waals surface area contributed by atoms with E-state index in [2.05, 4.69) is 4.98 Å². The molecule has 0 aliphatic carbocycles. The van der Waals surface area contributed by atoms with Crippen LogP contribution in [0.4, 0.5) is 0 Å². The van der Waals surface area contributed by atoms with Crippen LogP contribution in [-0.2, 0) is 19.6 Å². The number of nitrogens with zero attached hydrogens (tertiary/aromatic N) is 3. The lowest BCUT2D eigenvalue weighted by molar-refractivity contribution is -0.159. The Morgan fingerprint density at radius 1 is 1.48 bits per heavy atom. The molecular formula is C13H20ClN3O5S. The van der Waals surface area contributed by atoms with E-state index in [-0.39, 0.29) is 30.5 Å². The van der Waals surface area contributed by atoms with Gasteiger partial charge < -0.3 is 9.84 Å². The number of carboxylic acid groups (broad SMARTS) is 1. The number of aliphatic carboxylic acids is 1. The van der Waals surface area contributed by atoms with Gasteiger partial charge >= 0.3 is 5.97 Å².